The molecule has 1 atom stereocenters. The van der Waals surface area contributed by atoms with E-state index in [1.807, 2.05) is 37.4 Å². The third kappa shape index (κ3) is 4.88. The van der Waals surface area contributed by atoms with Gasteiger partial charge in [-0.25, -0.2) is 0 Å². The fourth-order valence-electron chi connectivity index (χ4n) is 1.86. The Morgan fingerprint density at radius 1 is 1.33 bits per heavy atom. The van der Waals surface area contributed by atoms with E-state index in [4.69, 9.17) is 5.73 Å². The van der Waals surface area contributed by atoms with E-state index in [9.17, 15) is 4.79 Å². The number of benzene rings is 1. The average Bonchev–Trinajstić information content (AvgIpc) is 2.42. The fraction of sp³-hybridized carbons (Fsp3) is 0.533. The van der Waals surface area contributed by atoms with Gasteiger partial charge in [0.15, 0.2) is 0 Å². The zero-order valence-corrected chi connectivity index (χ0v) is 11.4. The van der Waals surface area contributed by atoms with E-state index in [0.717, 1.165) is 24.9 Å². The Labute approximate surface area is 110 Å². The van der Waals surface area contributed by atoms with E-state index in [0.29, 0.717) is 12.8 Å². The molecule has 1 amide bonds. The smallest absolute Gasteiger partial charge is 0.222 e. The molecule has 0 aliphatic heterocycles. The predicted octanol–water partition coefficient (Wildman–Crippen LogP) is 2.73. The van der Waals surface area contributed by atoms with Gasteiger partial charge in [-0.3, -0.25) is 4.79 Å². The number of carbonyl (C=O) groups is 1. The number of nitrogens with zero attached hydrogens (tertiary/aromatic N) is 1. The molecule has 0 aromatic heterocycles. The molecule has 0 bridgehead atoms. The molecule has 100 valence electrons. The van der Waals surface area contributed by atoms with E-state index in [1.165, 1.54) is 0 Å². The summed E-state index contributed by atoms with van der Waals surface area (Å²) < 4.78 is 0. The lowest BCUT2D eigenvalue weighted by Gasteiger charge is -2.18. The highest BCUT2D eigenvalue weighted by Gasteiger charge is 2.11. The lowest BCUT2D eigenvalue weighted by atomic mass is 10.0. The first-order chi connectivity index (χ1) is 8.65. The fourth-order valence-corrected chi connectivity index (χ4v) is 1.86. The van der Waals surface area contributed by atoms with Gasteiger partial charge in [0.2, 0.25) is 5.91 Å². The Morgan fingerprint density at radius 3 is 2.61 bits per heavy atom. The minimum atomic E-state index is -0.0466. The monoisotopic (exact) mass is 248 g/mol. The summed E-state index contributed by atoms with van der Waals surface area (Å²) in [5.74, 6) is 0.190. The van der Waals surface area contributed by atoms with Crippen molar-refractivity contribution < 1.29 is 4.79 Å². The van der Waals surface area contributed by atoms with Gasteiger partial charge in [-0.1, -0.05) is 43.7 Å². The number of hydrogen-bond donors (Lipinski definition) is 1. The summed E-state index contributed by atoms with van der Waals surface area (Å²) in [6, 6.07) is 9.90. The predicted molar refractivity (Wildman–Crippen MR) is 75.1 cm³/mol. The average molecular weight is 248 g/mol. The molecular weight excluding hydrogens is 224 g/mol. The molecule has 0 fully saturated rings. The number of rotatable bonds is 7. The molecule has 3 heteroatoms. The van der Waals surface area contributed by atoms with Gasteiger partial charge in [0.05, 0.1) is 0 Å². The third-order valence-corrected chi connectivity index (χ3v) is 3.17. The van der Waals surface area contributed by atoms with Crippen molar-refractivity contribution in [2.45, 2.75) is 38.6 Å². The molecule has 0 spiro atoms. The Morgan fingerprint density at radius 2 is 2.00 bits per heavy atom. The van der Waals surface area contributed by atoms with Crippen LogP contribution < -0.4 is 5.73 Å². The van der Waals surface area contributed by atoms with Gasteiger partial charge in [0, 0.05) is 26.1 Å². The van der Waals surface area contributed by atoms with E-state index < -0.39 is 0 Å². The van der Waals surface area contributed by atoms with Crippen LogP contribution >= 0.6 is 0 Å². The number of nitrogens with two attached hydrogens (primary N) is 1. The zero-order chi connectivity index (χ0) is 13.4. The first kappa shape index (κ1) is 14.7. The molecule has 0 saturated heterocycles. The van der Waals surface area contributed by atoms with Crippen molar-refractivity contribution >= 4 is 5.91 Å². The summed E-state index contributed by atoms with van der Waals surface area (Å²) in [5, 5.41) is 0. The van der Waals surface area contributed by atoms with Gasteiger partial charge < -0.3 is 10.6 Å². The van der Waals surface area contributed by atoms with Crippen LogP contribution in [0.15, 0.2) is 30.3 Å². The van der Waals surface area contributed by atoms with E-state index in [2.05, 4.69) is 6.92 Å². The largest absolute Gasteiger partial charge is 0.346 e. The summed E-state index contributed by atoms with van der Waals surface area (Å²) >= 11 is 0. The Balaban J connectivity index is 2.34. The van der Waals surface area contributed by atoms with E-state index >= 15 is 0 Å². The van der Waals surface area contributed by atoms with Crippen molar-refractivity contribution in [2.75, 3.05) is 13.6 Å². The van der Waals surface area contributed by atoms with Crippen LogP contribution in [0.1, 0.15) is 44.2 Å². The molecule has 0 radical (unpaired) electrons. The molecule has 0 heterocycles. The normalized spacial score (nSPS) is 12.2. The van der Waals surface area contributed by atoms with Crippen LogP contribution in [0.3, 0.4) is 0 Å². The SMILES string of the molecule is CCCCN(C)C(=O)CCC(N)c1ccccc1. The van der Waals surface area contributed by atoms with Gasteiger partial charge in [0.1, 0.15) is 0 Å². The molecule has 1 aromatic carbocycles. The maximum atomic E-state index is 11.9. The maximum Gasteiger partial charge on any atom is 0.222 e. The number of carbonyl (C=O) groups excluding carboxylic acids is 1. The first-order valence-corrected chi connectivity index (χ1v) is 6.69. The second kappa shape index (κ2) is 7.88. The lowest BCUT2D eigenvalue weighted by Crippen LogP contribution is -2.28. The van der Waals surface area contributed by atoms with E-state index in [1.54, 1.807) is 4.90 Å². The van der Waals surface area contributed by atoms with Crippen molar-refractivity contribution in [3.05, 3.63) is 35.9 Å². The van der Waals surface area contributed by atoms with Crippen LogP contribution in [0.5, 0.6) is 0 Å². The molecule has 1 rings (SSSR count). The third-order valence-electron chi connectivity index (χ3n) is 3.17. The summed E-state index contributed by atoms with van der Waals surface area (Å²) in [5.41, 5.74) is 7.17. The van der Waals surface area contributed by atoms with Crippen LogP contribution in [0.2, 0.25) is 0 Å². The number of unbranched alkanes of at least 4 members (excludes halogenated alkanes) is 1. The van der Waals surface area contributed by atoms with Crippen molar-refractivity contribution in [1.82, 2.24) is 4.90 Å². The summed E-state index contributed by atoms with van der Waals surface area (Å²) in [6.45, 7) is 2.97. The summed E-state index contributed by atoms with van der Waals surface area (Å²) in [7, 11) is 1.87. The molecule has 2 N–H and O–H groups in total. The van der Waals surface area contributed by atoms with Crippen LogP contribution in [-0.2, 0) is 4.79 Å². The van der Waals surface area contributed by atoms with Crippen LogP contribution in [0.4, 0.5) is 0 Å². The molecule has 0 saturated carbocycles. The minimum Gasteiger partial charge on any atom is -0.346 e. The Bertz CT molecular complexity index is 351. The van der Waals surface area contributed by atoms with E-state index in [-0.39, 0.29) is 11.9 Å². The van der Waals surface area contributed by atoms with Gasteiger partial charge in [-0.05, 0) is 18.4 Å². The van der Waals surface area contributed by atoms with Crippen molar-refractivity contribution in [2.24, 2.45) is 5.73 Å². The first-order valence-electron chi connectivity index (χ1n) is 6.69. The maximum absolute atomic E-state index is 11.9. The highest BCUT2D eigenvalue weighted by Crippen LogP contribution is 2.15. The highest BCUT2D eigenvalue weighted by atomic mass is 16.2. The molecule has 18 heavy (non-hydrogen) atoms. The van der Waals surface area contributed by atoms with Crippen LogP contribution in [0, 0.1) is 0 Å². The minimum absolute atomic E-state index is 0.0466. The molecule has 1 unspecified atom stereocenters. The van der Waals surface area contributed by atoms with Gasteiger partial charge >= 0.3 is 0 Å². The van der Waals surface area contributed by atoms with Gasteiger partial charge in [-0.15, -0.1) is 0 Å². The standard InChI is InChI=1S/C15H24N2O/c1-3-4-12-17(2)15(18)11-10-14(16)13-8-6-5-7-9-13/h5-9,14H,3-4,10-12,16H2,1-2H3. The van der Waals surface area contributed by atoms with Crippen molar-refractivity contribution in [3.63, 3.8) is 0 Å². The molecule has 1 aromatic rings. The molecule has 0 aliphatic carbocycles. The summed E-state index contributed by atoms with van der Waals surface area (Å²) in [4.78, 5) is 13.7. The van der Waals surface area contributed by atoms with Crippen LogP contribution in [-0.4, -0.2) is 24.4 Å². The zero-order valence-electron chi connectivity index (χ0n) is 11.4. The second-order valence-corrected chi connectivity index (χ2v) is 4.72. The Hall–Kier alpha value is -1.35. The molecule has 0 aliphatic rings. The number of hydrogen-bond acceptors (Lipinski definition) is 2. The topological polar surface area (TPSA) is 46.3 Å². The van der Waals surface area contributed by atoms with Gasteiger partial charge in [-0.2, -0.15) is 0 Å². The van der Waals surface area contributed by atoms with Crippen LogP contribution in [0.25, 0.3) is 0 Å². The highest BCUT2D eigenvalue weighted by molar-refractivity contribution is 5.75. The Kier molecular flexibility index (Phi) is 6.44. The van der Waals surface area contributed by atoms with Crippen molar-refractivity contribution in [3.8, 4) is 0 Å². The molecular formula is C15H24N2O. The van der Waals surface area contributed by atoms with Gasteiger partial charge in [0.25, 0.3) is 0 Å². The quantitative estimate of drug-likeness (QED) is 0.806. The molecule has 3 nitrogen and oxygen atoms in total. The van der Waals surface area contributed by atoms with Crippen molar-refractivity contribution in [1.29, 1.82) is 0 Å². The second-order valence-electron chi connectivity index (χ2n) is 4.72. The summed E-state index contributed by atoms with van der Waals surface area (Å²) in [6.07, 6.45) is 3.41. The number of amides is 1. The lowest BCUT2D eigenvalue weighted by molar-refractivity contribution is -0.130.